The number of rotatable bonds is 3. The van der Waals surface area contributed by atoms with Crippen molar-refractivity contribution in [1.29, 1.82) is 0 Å². The van der Waals surface area contributed by atoms with E-state index >= 15 is 0 Å². The maximum absolute atomic E-state index is 8.20. The average Bonchev–Trinajstić information content (AvgIpc) is 1.61. The van der Waals surface area contributed by atoms with Crippen LogP contribution in [-0.4, -0.2) is 39.4 Å². The van der Waals surface area contributed by atoms with Crippen molar-refractivity contribution >= 4 is 31.7 Å². The Morgan fingerprint density at radius 1 is 1.56 bits per heavy atom. The molecule has 0 amide bonds. The molecule has 0 aliphatic heterocycles. The van der Waals surface area contributed by atoms with E-state index in [1.165, 1.54) is 0 Å². The summed E-state index contributed by atoms with van der Waals surface area (Å²) in [4.78, 5) is 16.4. The summed E-state index contributed by atoms with van der Waals surface area (Å²) < 4.78 is 4.48. The smallest absolute Gasteiger partial charge is 1.00 e. The minimum Gasteiger partial charge on any atom is -1.00 e. The van der Waals surface area contributed by atoms with Gasteiger partial charge in [0.2, 0.25) is 0 Å². The summed E-state index contributed by atoms with van der Waals surface area (Å²) in [7, 11) is -2.13. The molecule has 0 atom stereocenters. The zero-order valence-electron chi connectivity index (χ0n) is 7.74. The predicted molar refractivity (Wildman–Crippen MR) is 40.1 cm³/mol. The van der Waals surface area contributed by atoms with Gasteiger partial charge < -0.3 is 17.2 Å². The molecule has 0 bridgehead atoms. The topological polar surface area (TPSA) is 49.7 Å². The first-order chi connectivity index (χ1) is 3.63. The molecule has 0 saturated carbocycles. The minimum atomic E-state index is -2.13. The van der Waals surface area contributed by atoms with Crippen LogP contribution >= 0.6 is 8.60 Å². The first-order valence-electron chi connectivity index (χ1n) is 2.43. The van der Waals surface area contributed by atoms with E-state index in [0.717, 1.165) is 0 Å². The van der Waals surface area contributed by atoms with E-state index in [1.807, 2.05) is 13.8 Å². The molecule has 0 heterocycles. The molecule has 0 saturated heterocycles. The van der Waals surface area contributed by atoms with Gasteiger partial charge in [0.05, 0.1) is 6.61 Å². The van der Waals surface area contributed by atoms with E-state index < -0.39 is 8.60 Å². The third-order valence-corrected chi connectivity index (χ3v) is 0.903. The maximum atomic E-state index is 8.20. The van der Waals surface area contributed by atoms with Crippen LogP contribution in [0.2, 0.25) is 0 Å². The van der Waals surface area contributed by atoms with Gasteiger partial charge >= 0.3 is 31.7 Å². The molecule has 0 spiro atoms. The van der Waals surface area contributed by atoms with Crippen molar-refractivity contribution < 1.29 is 17.2 Å². The molecule has 0 rings (SSSR count). The Labute approximate surface area is 75.5 Å². The fourth-order valence-electron chi connectivity index (χ4n) is 0.216. The molecule has 0 unspecified atom stereocenters. The Balaban J connectivity index is -0.0000000817. The van der Waals surface area contributed by atoms with Crippen LogP contribution < -0.4 is 0 Å². The van der Waals surface area contributed by atoms with Crippen LogP contribution in [0.25, 0.3) is 0 Å². The van der Waals surface area contributed by atoms with Crippen molar-refractivity contribution in [2.24, 2.45) is 5.92 Å². The van der Waals surface area contributed by atoms with Gasteiger partial charge in [0, 0.05) is 0 Å². The number of hydrogen-bond donors (Lipinski definition) is 2. The molecule has 0 aliphatic rings. The van der Waals surface area contributed by atoms with Gasteiger partial charge in [0.15, 0.2) is 0 Å². The second-order valence-electron chi connectivity index (χ2n) is 1.94. The summed E-state index contributed by atoms with van der Waals surface area (Å²) in [5, 5.41) is 0. The van der Waals surface area contributed by atoms with Gasteiger partial charge in [-0.2, -0.15) is 0 Å². The van der Waals surface area contributed by atoms with Crippen molar-refractivity contribution in [3.63, 3.8) is 0 Å². The first-order valence-corrected chi connectivity index (χ1v) is 3.60. The Hall–Kier alpha value is 1.08. The van der Waals surface area contributed by atoms with Crippen LogP contribution in [0.4, 0.5) is 0 Å². The maximum Gasteiger partial charge on any atom is 2.00 e. The van der Waals surface area contributed by atoms with Gasteiger partial charge in [-0.3, -0.25) is 0 Å². The summed E-state index contributed by atoms with van der Waals surface area (Å²) in [5.74, 6) is 0.360. The molecule has 0 aromatic rings. The fourth-order valence-corrected chi connectivity index (χ4v) is 0.647. The summed E-state index contributed by atoms with van der Waals surface area (Å²) in [6, 6.07) is 0. The third-order valence-electron chi connectivity index (χ3n) is 0.523. The Kier molecular flexibility index (Phi) is 10.2. The summed E-state index contributed by atoms with van der Waals surface area (Å²) in [6.07, 6.45) is 0. The fraction of sp³-hybridized carbons (Fsp3) is 1.00. The normalized spacial score (nSPS) is 10.0. The Morgan fingerprint density at radius 2 is 2.00 bits per heavy atom. The monoisotopic (exact) mass is 164 g/mol. The predicted octanol–water partition coefficient (Wildman–Crippen LogP) is 0.715. The zero-order valence-corrected chi connectivity index (χ0v) is 8.05. The van der Waals surface area contributed by atoms with Gasteiger partial charge in [0.1, 0.15) is 0 Å². The first kappa shape index (κ1) is 12.7. The molecule has 5 heteroatoms. The van der Waals surface area contributed by atoms with Crippen LogP contribution in [0.1, 0.15) is 16.7 Å². The average molecular weight is 164 g/mol. The molecular weight excluding hydrogens is 151 g/mol. The Bertz CT molecular complexity index is 59.3. The van der Waals surface area contributed by atoms with E-state index in [0.29, 0.717) is 12.5 Å². The standard InChI is InChI=1S/C4H11O3P.Mg.2H/c1-4(2)3-7-8(5)6;;;/h4-6H,3H2,1-2H3;;;/q;+2;2*-1. The van der Waals surface area contributed by atoms with Gasteiger partial charge in [-0.05, 0) is 5.92 Å². The second-order valence-corrected chi connectivity index (χ2v) is 2.71. The third kappa shape index (κ3) is 12.3. The van der Waals surface area contributed by atoms with Crippen molar-refractivity contribution in [2.45, 2.75) is 13.8 Å². The molecule has 0 aromatic heterocycles. The molecule has 3 nitrogen and oxygen atoms in total. The van der Waals surface area contributed by atoms with E-state index in [-0.39, 0.29) is 25.9 Å². The van der Waals surface area contributed by atoms with E-state index in [4.69, 9.17) is 9.79 Å². The minimum absolute atomic E-state index is 0. The van der Waals surface area contributed by atoms with E-state index in [2.05, 4.69) is 4.52 Å². The zero-order chi connectivity index (χ0) is 6.57. The van der Waals surface area contributed by atoms with Crippen LogP contribution in [0.5, 0.6) is 0 Å². The van der Waals surface area contributed by atoms with Crippen LogP contribution in [0.3, 0.4) is 0 Å². The van der Waals surface area contributed by atoms with Crippen LogP contribution in [-0.2, 0) is 4.52 Å². The van der Waals surface area contributed by atoms with Crippen molar-refractivity contribution in [2.75, 3.05) is 6.61 Å². The summed E-state index contributed by atoms with van der Waals surface area (Å²) in [5.41, 5.74) is 0. The molecule has 2 N–H and O–H groups in total. The molecule has 0 aromatic carbocycles. The van der Waals surface area contributed by atoms with Crippen LogP contribution in [0, 0.1) is 5.92 Å². The number of hydrogen-bond acceptors (Lipinski definition) is 3. The van der Waals surface area contributed by atoms with Gasteiger partial charge in [-0.1, -0.05) is 13.8 Å². The molecular formula is C4H13MgO3P. The van der Waals surface area contributed by atoms with Crippen molar-refractivity contribution in [3.8, 4) is 0 Å². The SMILES string of the molecule is CC(C)COP(O)O.[H-].[H-].[Mg+2]. The quantitative estimate of drug-likeness (QED) is 0.477. The van der Waals surface area contributed by atoms with E-state index in [1.54, 1.807) is 0 Å². The molecule has 0 radical (unpaired) electrons. The van der Waals surface area contributed by atoms with Crippen LogP contribution in [0.15, 0.2) is 0 Å². The molecule has 0 fully saturated rings. The summed E-state index contributed by atoms with van der Waals surface area (Å²) >= 11 is 0. The summed E-state index contributed by atoms with van der Waals surface area (Å²) in [6.45, 7) is 4.30. The van der Waals surface area contributed by atoms with Crippen molar-refractivity contribution in [3.05, 3.63) is 0 Å². The molecule has 9 heavy (non-hydrogen) atoms. The van der Waals surface area contributed by atoms with Gasteiger partial charge in [-0.15, -0.1) is 0 Å². The van der Waals surface area contributed by atoms with Gasteiger partial charge in [0.25, 0.3) is 0 Å². The van der Waals surface area contributed by atoms with Crippen molar-refractivity contribution in [1.82, 2.24) is 0 Å². The molecule has 54 valence electrons. The second kappa shape index (κ2) is 7.19. The molecule has 0 aliphatic carbocycles. The Morgan fingerprint density at radius 3 is 2.11 bits per heavy atom. The van der Waals surface area contributed by atoms with E-state index in [9.17, 15) is 0 Å². The van der Waals surface area contributed by atoms with Gasteiger partial charge in [-0.25, -0.2) is 0 Å². The largest absolute Gasteiger partial charge is 2.00 e.